The van der Waals surface area contributed by atoms with Crippen LogP contribution in [0, 0.1) is 18.3 Å². The van der Waals surface area contributed by atoms with Crippen LogP contribution in [-0.4, -0.2) is 18.9 Å². The van der Waals surface area contributed by atoms with E-state index in [2.05, 4.69) is 0 Å². The van der Waals surface area contributed by atoms with Crippen molar-refractivity contribution in [3.8, 4) is 6.07 Å². The molecule has 0 aliphatic heterocycles. The van der Waals surface area contributed by atoms with Gasteiger partial charge in [0, 0.05) is 5.56 Å². The van der Waals surface area contributed by atoms with Gasteiger partial charge in [-0.3, -0.25) is 4.79 Å². The van der Waals surface area contributed by atoms with Crippen LogP contribution in [0.5, 0.6) is 0 Å². The minimum absolute atomic E-state index is 0.255. The average molecular weight is 217 g/mol. The highest BCUT2D eigenvalue weighted by Crippen LogP contribution is 2.16. The molecule has 0 aromatic heterocycles. The number of hydrogen-bond acceptors (Lipinski definition) is 4. The Bertz CT molecular complexity index is 472. The van der Waals surface area contributed by atoms with Crippen LogP contribution in [0.15, 0.2) is 12.1 Å². The van der Waals surface area contributed by atoms with Crippen molar-refractivity contribution in [1.29, 1.82) is 5.26 Å². The van der Waals surface area contributed by atoms with Gasteiger partial charge in [0.1, 0.15) is 6.29 Å². The van der Waals surface area contributed by atoms with Crippen molar-refractivity contribution in [3.05, 3.63) is 34.4 Å². The Balaban J connectivity index is 3.32. The molecule has 0 N–H and O–H groups in total. The number of hydrogen-bond donors (Lipinski definition) is 0. The first kappa shape index (κ1) is 11.9. The van der Waals surface area contributed by atoms with E-state index in [1.807, 2.05) is 6.07 Å². The molecule has 0 amide bonds. The van der Waals surface area contributed by atoms with E-state index in [1.54, 1.807) is 13.8 Å². The summed E-state index contributed by atoms with van der Waals surface area (Å²) in [6.07, 6.45) is 0.600. The van der Waals surface area contributed by atoms with Crippen molar-refractivity contribution in [1.82, 2.24) is 0 Å². The van der Waals surface area contributed by atoms with Gasteiger partial charge in [-0.2, -0.15) is 5.26 Å². The third kappa shape index (κ3) is 2.26. The van der Waals surface area contributed by atoms with Crippen LogP contribution in [0.25, 0.3) is 0 Å². The summed E-state index contributed by atoms with van der Waals surface area (Å²) in [4.78, 5) is 22.2. The molecule has 0 unspecified atom stereocenters. The van der Waals surface area contributed by atoms with Gasteiger partial charge in [-0.1, -0.05) is 0 Å². The zero-order valence-corrected chi connectivity index (χ0v) is 9.11. The second-order valence-corrected chi connectivity index (χ2v) is 3.19. The summed E-state index contributed by atoms with van der Waals surface area (Å²) >= 11 is 0. The highest BCUT2D eigenvalue weighted by molar-refractivity contribution is 5.94. The molecule has 0 atom stereocenters. The predicted molar refractivity (Wildman–Crippen MR) is 57.2 cm³/mol. The van der Waals surface area contributed by atoms with E-state index in [1.165, 1.54) is 12.1 Å². The smallest absolute Gasteiger partial charge is 0.338 e. The van der Waals surface area contributed by atoms with Crippen LogP contribution in [0.4, 0.5) is 0 Å². The van der Waals surface area contributed by atoms with E-state index in [0.29, 0.717) is 23.0 Å². The molecular formula is C12H11NO3. The van der Waals surface area contributed by atoms with Crippen LogP contribution in [0.3, 0.4) is 0 Å². The number of aldehydes is 1. The number of carbonyl (C=O) groups is 2. The molecule has 0 spiro atoms. The first-order valence-corrected chi connectivity index (χ1v) is 4.81. The Kier molecular flexibility index (Phi) is 3.78. The number of esters is 1. The van der Waals surface area contributed by atoms with Gasteiger partial charge < -0.3 is 4.74 Å². The van der Waals surface area contributed by atoms with Crippen molar-refractivity contribution < 1.29 is 14.3 Å². The van der Waals surface area contributed by atoms with E-state index in [-0.39, 0.29) is 12.2 Å². The van der Waals surface area contributed by atoms with Gasteiger partial charge in [0.15, 0.2) is 0 Å². The SMILES string of the molecule is CCOC(=O)c1cc(C=O)cc(C#N)c1C. The Hall–Kier alpha value is -2.15. The fourth-order valence-electron chi connectivity index (χ4n) is 1.34. The second kappa shape index (κ2) is 5.08. The van der Waals surface area contributed by atoms with Gasteiger partial charge in [-0.25, -0.2) is 4.79 Å². The third-order valence-electron chi connectivity index (χ3n) is 2.18. The molecule has 1 aromatic carbocycles. The zero-order chi connectivity index (χ0) is 12.1. The summed E-state index contributed by atoms with van der Waals surface area (Å²) in [6.45, 7) is 3.60. The van der Waals surface area contributed by atoms with Gasteiger partial charge in [-0.05, 0) is 31.5 Å². The molecular weight excluding hydrogens is 206 g/mol. The Morgan fingerprint density at radius 1 is 1.56 bits per heavy atom. The highest BCUT2D eigenvalue weighted by Gasteiger charge is 2.14. The van der Waals surface area contributed by atoms with E-state index in [0.717, 1.165) is 0 Å². The number of benzene rings is 1. The van der Waals surface area contributed by atoms with E-state index in [9.17, 15) is 9.59 Å². The number of ether oxygens (including phenoxy) is 1. The molecule has 0 saturated heterocycles. The molecule has 0 fully saturated rings. The van der Waals surface area contributed by atoms with Crippen LogP contribution in [0.2, 0.25) is 0 Å². The fourth-order valence-corrected chi connectivity index (χ4v) is 1.34. The van der Waals surface area contributed by atoms with E-state index >= 15 is 0 Å². The van der Waals surface area contributed by atoms with Crippen LogP contribution >= 0.6 is 0 Å². The Morgan fingerprint density at radius 3 is 2.75 bits per heavy atom. The molecule has 1 aromatic rings. The lowest BCUT2D eigenvalue weighted by molar-refractivity contribution is 0.0525. The quantitative estimate of drug-likeness (QED) is 0.572. The molecule has 4 heteroatoms. The topological polar surface area (TPSA) is 67.2 Å². The van der Waals surface area contributed by atoms with Crippen LogP contribution < -0.4 is 0 Å². The molecule has 0 aliphatic carbocycles. The second-order valence-electron chi connectivity index (χ2n) is 3.19. The number of carbonyl (C=O) groups excluding carboxylic acids is 2. The molecule has 16 heavy (non-hydrogen) atoms. The number of rotatable bonds is 3. The minimum atomic E-state index is -0.514. The number of nitriles is 1. The Morgan fingerprint density at radius 2 is 2.25 bits per heavy atom. The molecule has 0 saturated carbocycles. The molecule has 0 bridgehead atoms. The summed E-state index contributed by atoms with van der Waals surface area (Å²) in [7, 11) is 0. The maximum atomic E-state index is 11.6. The maximum absolute atomic E-state index is 11.6. The molecule has 4 nitrogen and oxygen atoms in total. The summed E-state index contributed by atoms with van der Waals surface area (Å²) in [6, 6.07) is 4.82. The first-order valence-electron chi connectivity index (χ1n) is 4.81. The van der Waals surface area contributed by atoms with Crippen molar-refractivity contribution in [2.24, 2.45) is 0 Å². The first-order chi connectivity index (χ1) is 7.63. The van der Waals surface area contributed by atoms with Gasteiger partial charge in [-0.15, -0.1) is 0 Å². The van der Waals surface area contributed by atoms with E-state index in [4.69, 9.17) is 10.00 Å². The average Bonchev–Trinajstić information content (AvgIpc) is 2.29. The summed E-state index contributed by atoms with van der Waals surface area (Å²) in [5, 5.41) is 8.86. The standard InChI is InChI=1S/C12H11NO3/c1-3-16-12(15)11-5-9(7-14)4-10(6-13)8(11)2/h4-5,7H,3H2,1-2H3. The maximum Gasteiger partial charge on any atom is 0.338 e. The Labute approximate surface area is 93.5 Å². The molecule has 0 heterocycles. The third-order valence-corrected chi connectivity index (χ3v) is 2.18. The molecule has 0 aliphatic rings. The zero-order valence-electron chi connectivity index (χ0n) is 9.11. The van der Waals surface area contributed by atoms with Crippen molar-refractivity contribution in [3.63, 3.8) is 0 Å². The lowest BCUT2D eigenvalue weighted by atomic mass is 10.00. The molecule has 1 rings (SSSR count). The fraction of sp³-hybridized carbons (Fsp3) is 0.250. The van der Waals surface area contributed by atoms with Crippen molar-refractivity contribution >= 4 is 12.3 Å². The monoisotopic (exact) mass is 217 g/mol. The van der Waals surface area contributed by atoms with Crippen molar-refractivity contribution in [2.75, 3.05) is 6.61 Å². The minimum Gasteiger partial charge on any atom is -0.462 e. The summed E-state index contributed by atoms with van der Waals surface area (Å²) < 4.78 is 4.84. The van der Waals surface area contributed by atoms with Crippen LogP contribution in [-0.2, 0) is 4.74 Å². The van der Waals surface area contributed by atoms with E-state index < -0.39 is 5.97 Å². The van der Waals surface area contributed by atoms with Gasteiger partial charge >= 0.3 is 5.97 Å². The summed E-state index contributed by atoms with van der Waals surface area (Å²) in [5.41, 5.74) is 1.41. The largest absolute Gasteiger partial charge is 0.462 e. The summed E-state index contributed by atoms with van der Waals surface area (Å²) in [5.74, 6) is -0.514. The van der Waals surface area contributed by atoms with Crippen LogP contribution in [0.1, 0.15) is 38.8 Å². The lowest BCUT2D eigenvalue weighted by Crippen LogP contribution is -2.08. The van der Waals surface area contributed by atoms with Gasteiger partial charge in [0.2, 0.25) is 0 Å². The van der Waals surface area contributed by atoms with Gasteiger partial charge in [0.25, 0.3) is 0 Å². The lowest BCUT2D eigenvalue weighted by Gasteiger charge is -2.07. The number of nitrogens with zero attached hydrogens (tertiary/aromatic N) is 1. The normalized spacial score (nSPS) is 9.31. The molecule has 82 valence electrons. The highest BCUT2D eigenvalue weighted by atomic mass is 16.5. The van der Waals surface area contributed by atoms with Gasteiger partial charge in [0.05, 0.1) is 23.8 Å². The predicted octanol–water partition coefficient (Wildman–Crippen LogP) is 1.86. The van der Waals surface area contributed by atoms with Crippen molar-refractivity contribution in [2.45, 2.75) is 13.8 Å². The molecule has 0 radical (unpaired) electrons.